The zero-order valence-corrected chi connectivity index (χ0v) is 10.1. The van der Waals surface area contributed by atoms with Crippen LogP contribution < -0.4 is 11.1 Å². The zero-order chi connectivity index (χ0) is 12.1. The third-order valence-corrected chi connectivity index (χ3v) is 2.26. The van der Waals surface area contributed by atoms with Gasteiger partial charge in [-0.1, -0.05) is 11.6 Å². The van der Waals surface area contributed by atoms with Crippen molar-refractivity contribution in [3.8, 4) is 0 Å². The molecule has 0 aliphatic heterocycles. The molecule has 1 aromatic carbocycles. The molecule has 0 saturated carbocycles. The molecule has 0 aliphatic carbocycles. The van der Waals surface area contributed by atoms with Crippen LogP contribution in [0.3, 0.4) is 0 Å². The quantitative estimate of drug-likeness (QED) is 0.629. The van der Waals surface area contributed by atoms with Crippen molar-refractivity contribution in [1.82, 2.24) is 0 Å². The lowest BCUT2D eigenvalue weighted by atomic mass is 10.1. The fourth-order valence-corrected chi connectivity index (χ4v) is 1.65. The Morgan fingerprint density at radius 2 is 2.19 bits per heavy atom. The Morgan fingerprint density at radius 1 is 1.50 bits per heavy atom. The minimum absolute atomic E-state index is 0.316. The summed E-state index contributed by atoms with van der Waals surface area (Å²) in [6, 6.07) is 3.16. The Labute approximate surface area is 99.7 Å². The number of hydrogen-bond acceptors (Lipinski definition) is 4. The molecule has 5 heteroatoms. The fourth-order valence-electron chi connectivity index (χ4n) is 1.35. The molecule has 0 amide bonds. The van der Waals surface area contributed by atoms with Crippen LogP contribution in [0.15, 0.2) is 12.1 Å². The molecule has 0 unspecified atom stereocenters. The molecular formula is C11H15ClN2O2. The lowest BCUT2D eigenvalue weighted by Crippen LogP contribution is -2.11. The molecule has 0 fully saturated rings. The van der Waals surface area contributed by atoms with Crippen molar-refractivity contribution in [3.63, 3.8) is 0 Å². The van der Waals surface area contributed by atoms with Crippen molar-refractivity contribution in [3.05, 3.63) is 22.7 Å². The van der Waals surface area contributed by atoms with Gasteiger partial charge in [-0.15, -0.1) is 0 Å². The highest BCUT2D eigenvalue weighted by molar-refractivity contribution is 6.34. The Bertz CT molecular complexity index is 394. The summed E-state index contributed by atoms with van der Waals surface area (Å²) < 4.78 is 4.93. The molecule has 16 heavy (non-hydrogen) atoms. The summed E-state index contributed by atoms with van der Waals surface area (Å²) in [6.45, 7) is 4.65. The molecule has 1 aromatic rings. The second-order valence-corrected chi connectivity index (χ2v) is 3.58. The van der Waals surface area contributed by atoms with E-state index < -0.39 is 5.97 Å². The number of carbonyl (C=O) groups is 1. The molecule has 0 aliphatic rings. The number of nitrogens with two attached hydrogens (primary N) is 1. The van der Waals surface area contributed by atoms with E-state index in [2.05, 4.69) is 5.32 Å². The highest BCUT2D eigenvalue weighted by atomic mass is 35.5. The van der Waals surface area contributed by atoms with Gasteiger partial charge < -0.3 is 15.8 Å². The van der Waals surface area contributed by atoms with Crippen LogP contribution >= 0.6 is 11.6 Å². The molecule has 0 aromatic heterocycles. The van der Waals surface area contributed by atoms with Gasteiger partial charge in [-0.25, -0.2) is 4.79 Å². The van der Waals surface area contributed by atoms with E-state index in [1.54, 1.807) is 19.1 Å². The predicted octanol–water partition coefficient (Wildman–Crippen LogP) is 2.53. The number of hydrogen-bond donors (Lipinski definition) is 2. The summed E-state index contributed by atoms with van der Waals surface area (Å²) in [5, 5.41) is 3.44. The molecular weight excluding hydrogens is 228 g/mol. The largest absolute Gasteiger partial charge is 0.462 e. The second-order valence-electron chi connectivity index (χ2n) is 3.18. The van der Waals surface area contributed by atoms with E-state index in [0.717, 1.165) is 0 Å². The van der Waals surface area contributed by atoms with Crippen molar-refractivity contribution in [2.75, 3.05) is 24.2 Å². The molecule has 0 spiro atoms. The van der Waals surface area contributed by atoms with Gasteiger partial charge in [0.1, 0.15) is 0 Å². The number of ether oxygens (including phenoxy) is 1. The first kappa shape index (κ1) is 12.6. The Balaban J connectivity index is 3.17. The highest BCUT2D eigenvalue weighted by Crippen LogP contribution is 2.29. The third kappa shape index (κ3) is 2.79. The normalized spacial score (nSPS) is 9.94. The van der Waals surface area contributed by atoms with Crippen LogP contribution in [0.4, 0.5) is 11.4 Å². The van der Waals surface area contributed by atoms with Gasteiger partial charge in [-0.05, 0) is 26.0 Å². The van der Waals surface area contributed by atoms with Crippen LogP contribution in [0.1, 0.15) is 24.2 Å². The van der Waals surface area contributed by atoms with Crippen molar-refractivity contribution in [1.29, 1.82) is 0 Å². The van der Waals surface area contributed by atoms with Crippen molar-refractivity contribution in [2.45, 2.75) is 13.8 Å². The van der Waals surface area contributed by atoms with Gasteiger partial charge in [0.2, 0.25) is 0 Å². The van der Waals surface area contributed by atoms with E-state index in [9.17, 15) is 4.79 Å². The fraction of sp³-hybridized carbons (Fsp3) is 0.364. The Hall–Kier alpha value is -1.42. The van der Waals surface area contributed by atoms with Crippen LogP contribution in [0.5, 0.6) is 0 Å². The van der Waals surface area contributed by atoms with E-state index >= 15 is 0 Å². The lowest BCUT2D eigenvalue weighted by molar-refractivity contribution is 0.0527. The smallest absolute Gasteiger partial charge is 0.340 e. The first-order chi connectivity index (χ1) is 7.60. The molecule has 0 saturated heterocycles. The molecule has 88 valence electrons. The van der Waals surface area contributed by atoms with Gasteiger partial charge in [-0.2, -0.15) is 0 Å². The van der Waals surface area contributed by atoms with Crippen LogP contribution in [0.2, 0.25) is 5.02 Å². The third-order valence-electron chi connectivity index (χ3n) is 1.96. The minimum Gasteiger partial charge on any atom is -0.462 e. The van der Waals surface area contributed by atoms with E-state index in [-0.39, 0.29) is 0 Å². The van der Waals surface area contributed by atoms with E-state index in [0.29, 0.717) is 35.1 Å². The van der Waals surface area contributed by atoms with Crippen molar-refractivity contribution < 1.29 is 9.53 Å². The second kappa shape index (κ2) is 5.61. The molecule has 0 atom stereocenters. The summed E-state index contributed by atoms with van der Waals surface area (Å²) in [5.41, 5.74) is 7.01. The SMILES string of the molecule is CCNc1c(Cl)cc(N)cc1C(=O)OCC. The Kier molecular flexibility index (Phi) is 4.43. The number of rotatable bonds is 4. The molecule has 3 N–H and O–H groups in total. The van der Waals surface area contributed by atoms with Crippen LogP contribution in [0, 0.1) is 0 Å². The molecule has 0 heterocycles. The van der Waals surface area contributed by atoms with E-state index in [1.807, 2.05) is 6.92 Å². The topological polar surface area (TPSA) is 64.3 Å². The summed E-state index contributed by atoms with van der Waals surface area (Å²) in [4.78, 5) is 11.7. The van der Waals surface area contributed by atoms with Gasteiger partial charge in [0, 0.05) is 12.2 Å². The standard InChI is InChI=1S/C11H15ClN2O2/c1-3-14-10-8(11(15)16-4-2)5-7(13)6-9(10)12/h5-6,14H,3-4,13H2,1-2H3. The molecule has 0 bridgehead atoms. The number of anilines is 2. The summed E-state index contributed by atoms with van der Waals surface area (Å²) in [5.74, 6) is -0.423. The maximum absolute atomic E-state index is 11.7. The monoisotopic (exact) mass is 242 g/mol. The van der Waals surface area contributed by atoms with Gasteiger partial charge in [0.15, 0.2) is 0 Å². The average Bonchev–Trinajstić information content (AvgIpc) is 2.22. The number of carbonyl (C=O) groups excluding carboxylic acids is 1. The molecule has 0 radical (unpaired) electrons. The van der Waals surface area contributed by atoms with Gasteiger partial charge in [-0.3, -0.25) is 0 Å². The van der Waals surface area contributed by atoms with Crippen LogP contribution in [0.25, 0.3) is 0 Å². The van der Waals surface area contributed by atoms with Crippen molar-refractivity contribution >= 4 is 28.9 Å². The number of halogens is 1. The van der Waals surface area contributed by atoms with Gasteiger partial charge in [0.25, 0.3) is 0 Å². The average molecular weight is 243 g/mol. The molecule has 4 nitrogen and oxygen atoms in total. The number of nitrogens with one attached hydrogen (secondary N) is 1. The summed E-state index contributed by atoms with van der Waals surface area (Å²) in [7, 11) is 0. The first-order valence-electron chi connectivity index (χ1n) is 5.10. The molecule has 1 rings (SSSR count). The van der Waals surface area contributed by atoms with Crippen LogP contribution in [-0.4, -0.2) is 19.1 Å². The Morgan fingerprint density at radius 3 is 2.75 bits per heavy atom. The number of benzene rings is 1. The first-order valence-corrected chi connectivity index (χ1v) is 5.48. The zero-order valence-electron chi connectivity index (χ0n) is 9.34. The number of esters is 1. The summed E-state index contributed by atoms with van der Waals surface area (Å²) in [6.07, 6.45) is 0. The van der Waals surface area contributed by atoms with E-state index in [4.69, 9.17) is 22.1 Å². The van der Waals surface area contributed by atoms with Gasteiger partial charge >= 0.3 is 5.97 Å². The van der Waals surface area contributed by atoms with Gasteiger partial charge in [0.05, 0.1) is 22.9 Å². The summed E-state index contributed by atoms with van der Waals surface area (Å²) >= 11 is 6.01. The van der Waals surface area contributed by atoms with E-state index in [1.165, 1.54) is 0 Å². The maximum Gasteiger partial charge on any atom is 0.340 e. The number of nitrogen functional groups attached to an aromatic ring is 1. The predicted molar refractivity (Wildman–Crippen MR) is 66.0 cm³/mol. The van der Waals surface area contributed by atoms with Crippen LogP contribution in [-0.2, 0) is 4.74 Å². The lowest BCUT2D eigenvalue weighted by Gasteiger charge is -2.12. The highest BCUT2D eigenvalue weighted by Gasteiger charge is 2.15. The minimum atomic E-state index is -0.423. The maximum atomic E-state index is 11.7. The van der Waals surface area contributed by atoms with Crippen molar-refractivity contribution in [2.24, 2.45) is 0 Å².